The molecule has 0 amide bonds. The topological polar surface area (TPSA) is 23.9 Å². The molecule has 0 saturated carbocycles. The van der Waals surface area contributed by atoms with Crippen LogP contribution in [0.2, 0.25) is 0 Å². The molecule has 1 atom stereocenters. The van der Waals surface area contributed by atoms with Crippen LogP contribution in [0.5, 0.6) is 0 Å². The van der Waals surface area contributed by atoms with E-state index >= 15 is 0 Å². The minimum Gasteiger partial charge on any atom is -0.308 e. The predicted octanol–water partition coefficient (Wildman–Crippen LogP) is 6.71. The van der Waals surface area contributed by atoms with Crippen molar-refractivity contribution in [1.82, 2.24) is 0 Å². The smallest absolute Gasteiger partial charge is 0.0253 e. The molecular formula is C25H25N. The first kappa shape index (κ1) is 16.8. The zero-order valence-corrected chi connectivity index (χ0v) is 15.7. The number of hydrogen-bond donors (Lipinski definition) is 1. The largest absolute Gasteiger partial charge is 0.308 e. The van der Waals surface area contributed by atoms with E-state index in [1.165, 1.54) is 39.3 Å². The molecule has 1 unspecified atom stereocenters. The van der Waals surface area contributed by atoms with Gasteiger partial charge < -0.3 is 5.41 Å². The summed E-state index contributed by atoms with van der Waals surface area (Å²) in [6.07, 6.45) is 4.88. The summed E-state index contributed by atoms with van der Waals surface area (Å²) in [5, 5.41) is 10.4. The Morgan fingerprint density at radius 1 is 0.962 bits per heavy atom. The van der Waals surface area contributed by atoms with Crippen LogP contribution in [-0.2, 0) is 5.41 Å². The number of allylic oxidation sites excluding steroid dienone is 1. The van der Waals surface area contributed by atoms with Crippen molar-refractivity contribution in [1.29, 1.82) is 5.41 Å². The summed E-state index contributed by atoms with van der Waals surface area (Å²) in [7, 11) is 0. The van der Waals surface area contributed by atoms with Crippen LogP contribution in [0.1, 0.15) is 55.4 Å². The molecule has 0 bridgehead atoms. The second-order valence-corrected chi connectivity index (χ2v) is 8.09. The fraction of sp³-hybridized carbons (Fsp3) is 0.240. The molecular weight excluding hydrogens is 314 g/mol. The van der Waals surface area contributed by atoms with Gasteiger partial charge in [-0.1, -0.05) is 74.0 Å². The van der Waals surface area contributed by atoms with Crippen molar-refractivity contribution in [2.45, 2.75) is 38.5 Å². The molecule has 0 fully saturated rings. The zero-order chi connectivity index (χ0) is 18.3. The van der Waals surface area contributed by atoms with Gasteiger partial charge in [-0.3, -0.25) is 0 Å². The van der Waals surface area contributed by atoms with Gasteiger partial charge in [-0.25, -0.2) is 0 Å². The molecule has 1 nitrogen and oxygen atoms in total. The second kappa shape index (κ2) is 6.25. The molecule has 0 radical (unpaired) electrons. The van der Waals surface area contributed by atoms with E-state index in [9.17, 15) is 0 Å². The molecule has 0 spiro atoms. The van der Waals surface area contributed by atoms with E-state index in [0.717, 1.165) is 12.0 Å². The fourth-order valence-electron chi connectivity index (χ4n) is 4.41. The SMILES string of the molecule is CC1=Cc2ccccc2C1CC(C)(C)c1cc2ccccc2cc1C=N. The average molecular weight is 339 g/mol. The molecule has 130 valence electrons. The highest BCUT2D eigenvalue weighted by Crippen LogP contribution is 2.45. The van der Waals surface area contributed by atoms with Gasteiger partial charge in [0.1, 0.15) is 0 Å². The minimum atomic E-state index is -0.0197. The number of benzene rings is 3. The third kappa shape index (κ3) is 2.78. The van der Waals surface area contributed by atoms with Crippen molar-refractivity contribution in [2.75, 3.05) is 0 Å². The van der Waals surface area contributed by atoms with E-state index in [1.807, 2.05) is 0 Å². The Kier molecular flexibility index (Phi) is 4.03. The molecule has 1 heteroatoms. The Morgan fingerprint density at radius 2 is 1.62 bits per heavy atom. The molecule has 4 rings (SSSR count). The molecule has 0 aromatic heterocycles. The van der Waals surface area contributed by atoms with Crippen LogP contribution in [0.25, 0.3) is 16.8 Å². The van der Waals surface area contributed by atoms with Crippen LogP contribution >= 0.6 is 0 Å². The summed E-state index contributed by atoms with van der Waals surface area (Å²) in [4.78, 5) is 0. The van der Waals surface area contributed by atoms with Crippen LogP contribution in [0.3, 0.4) is 0 Å². The number of fused-ring (bicyclic) bond motifs is 2. The Bertz CT molecular complexity index is 1020. The summed E-state index contributed by atoms with van der Waals surface area (Å²) < 4.78 is 0. The van der Waals surface area contributed by atoms with Gasteiger partial charge in [0.25, 0.3) is 0 Å². The van der Waals surface area contributed by atoms with Crippen molar-refractivity contribution in [2.24, 2.45) is 0 Å². The molecule has 1 aliphatic carbocycles. The predicted molar refractivity (Wildman–Crippen MR) is 112 cm³/mol. The van der Waals surface area contributed by atoms with Crippen molar-refractivity contribution >= 4 is 23.1 Å². The highest BCUT2D eigenvalue weighted by atomic mass is 14.4. The Balaban J connectivity index is 1.77. The summed E-state index contributed by atoms with van der Waals surface area (Å²) in [6.45, 7) is 6.88. The van der Waals surface area contributed by atoms with Crippen LogP contribution in [-0.4, -0.2) is 6.21 Å². The van der Waals surface area contributed by atoms with Gasteiger partial charge in [-0.2, -0.15) is 0 Å². The molecule has 3 aromatic carbocycles. The van der Waals surface area contributed by atoms with Gasteiger partial charge in [-0.05, 0) is 63.9 Å². The third-order valence-corrected chi connectivity index (χ3v) is 5.82. The van der Waals surface area contributed by atoms with E-state index in [0.29, 0.717) is 5.92 Å². The van der Waals surface area contributed by atoms with Gasteiger partial charge in [0.15, 0.2) is 0 Å². The van der Waals surface area contributed by atoms with E-state index in [4.69, 9.17) is 5.41 Å². The first-order chi connectivity index (χ1) is 12.5. The lowest BCUT2D eigenvalue weighted by atomic mass is 9.72. The first-order valence-electron chi connectivity index (χ1n) is 9.30. The summed E-state index contributed by atoms with van der Waals surface area (Å²) in [5.41, 5.74) is 6.52. The number of rotatable bonds is 4. The van der Waals surface area contributed by atoms with Gasteiger partial charge >= 0.3 is 0 Å². The third-order valence-electron chi connectivity index (χ3n) is 5.82. The zero-order valence-electron chi connectivity index (χ0n) is 15.7. The number of nitrogens with one attached hydrogen (secondary N) is 1. The second-order valence-electron chi connectivity index (χ2n) is 8.09. The van der Waals surface area contributed by atoms with Crippen LogP contribution in [0, 0.1) is 5.41 Å². The van der Waals surface area contributed by atoms with E-state index in [2.05, 4.69) is 87.5 Å². The van der Waals surface area contributed by atoms with Gasteiger partial charge in [-0.15, -0.1) is 0 Å². The quantitative estimate of drug-likeness (QED) is 0.511. The monoisotopic (exact) mass is 339 g/mol. The van der Waals surface area contributed by atoms with E-state index < -0.39 is 0 Å². The van der Waals surface area contributed by atoms with Crippen LogP contribution in [0.4, 0.5) is 0 Å². The lowest BCUT2D eigenvalue weighted by molar-refractivity contribution is 0.450. The van der Waals surface area contributed by atoms with E-state index in [-0.39, 0.29) is 5.41 Å². The lowest BCUT2D eigenvalue weighted by Crippen LogP contribution is -2.22. The van der Waals surface area contributed by atoms with Crippen molar-refractivity contribution in [3.05, 3.63) is 88.5 Å². The highest BCUT2D eigenvalue weighted by molar-refractivity contribution is 5.92. The van der Waals surface area contributed by atoms with Crippen molar-refractivity contribution in [3.8, 4) is 0 Å². The molecule has 0 saturated heterocycles. The first-order valence-corrected chi connectivity index (χ1v) is 9.30. The summed E-state index contributed by atoms with van der Waals surface area (Å²) in [6, 6.07) is 21.6. The average Bonchev–Trinajstić information content (AvgIpc) is 2.95. The lowest BCUT2D eigenvalue weighted by Gasteiger charge is -2.31. The highest BCUT2D eigenvalue weighted by Gasteiger charge is 2.31. The van der Waals surface area contributed by atoms with E-state index in [1.54, 1.807) is 0 Å². The Hall–Kier alpha value is -2.67. The standard InChI is InChI=1S/C25H25N/c1-17-12-20-10-6-7-11-22(20)23(17)15-25(2,3)24-14-19-9-5-4-8-18(19)13-21(24)16-26/h4-14,16,23,26H,15H2,1-3H3. The fourth-order valence-corrected chi connectivity index (χ4v) is 4.41. The molecule has 1 N–H and O–H groups in total. The summed E-state index contributed by atoms with van der Waals surface area (Å²) >= 11 is 0. The molecule has 3 aromatic rings. The Morgan fingerprint density at radius 3 is 2.35 bits per heavy atom. The van der Waals surface area contributed by atoms with Gasteiger partial charge in [0, 0.05) is 12.1 Å². The van der Waals surface area contributed by atoms with Crippen LogP contribution < -0.4 is 0 Å². The normalized spacial score (nSPS) is 16.4. The van der Waals surface area contributed by atoms with Crippen molar-refractivity contribution in [3.63, 3.8) is 0 Å². The molecule has 0 aliphatic heterocycles. The maximum atomic E-state index is 7.94. The maximum absolute atomic E-state index is 7.94. The summed E-state index contributed by atoms with van der Waals surface area (Å²) in [5.74, 6) is 0.450. The maximum Gasteiger partial charge on any atom is 0.0253 e. The van der Waals surface area contributed by atoms with Gasteiger partial charge in [0.2, 0.25) is 0 Å². The number of hydrogen-bond acceptors (Lipinski definition) is 1. The molecule has 1 aliphatic rings. The van der Waals surface area contributed by atoms with Crippen LogP contribution in [0.15, 0.2) is 66.2 Å². The van der Waals surface area contributed by atoms with Gasteiger partial charge in [0.05, 0.1) is 0 Å². The molecule has 0 heterocycles. The molecule has 26 heavy (non-hydrogen) atoms. The van der Waals surface area contributed by atoms with Crippen molar-refractivity contribution < 1.29 is 0 Å². The minimum absolute atomic E-state index is 0.0197. The Labute approximate surface area is 155 Å².